The Morgan fingerprint density at radius 2 is 1.29 bits per heavy atom. The van der Waals surface area contributed by atoms with Crippen LogP contribution >= 0.6 is 0 Å². The zero-order valence-electron chi connectivity index (χ0n) is 20.6. The Kier molecular flexibility index (Phi) is 9.13. The summed E-state index contributed by atoms with van der Waals surface area (Å²) in [4.78, 5) is 0. The number of fused-ring (bicyclic) bond motifs is 1. The van der Waals surface area contributed by atoms with Gasteiger partial charge >= 0.3 is 5.88 Å². The van der Waals surface area contributed by atoms with Gasteiger partial charge in [-0.3, -0.25) is 0 Å². The highest BCUT2D eigenvalue weighted by atomic mass is 16.5. The Labute approximate surface area is 205 Å². The van der Waals surface area contributed by atoms with Crippen molar-refractivity contribution >= 4 is 10.8 Å². The van der Waals surface area contributed by atoms with Crippen molar-refractivity contribution in [3.63, 3.8) is 0 Å². The number of hydrogen-bond donors (Lipinski definition) is 0. The van der Waals surface area contributed by atoms with Gasteiger partial charge in [0.25, 0.3) is 0 Å². The molecule has 0 amide bonds. The van der Waals surface area contributed by atoms with Crippen LogP contribution in [0.1, 0.15) is 69.4 Å². The molecule has 4 rings (SSSR count). The molecule has 0 saturated heterocycles. The maximum Gasteiger partial charge on any atom is 0.381 e. The lowest BCUT2D eigenvalue weighted by Gasteiger charge is -2.10. The molecule has 0 radical (unpaired) electrons. The number of hydrogen-bond acceptors (Lipinski definition) is 1. The normalized spacial score (nSPS) is 11.1. The topological polar surface area (TPSA) is 13.1 Å². The summed E-state index contributed by atoms with van der Waals surface area (Å²) in [5, 5.41) is 2.32. The minimum absolute atomic E-state index is 0.775. The number of rotatable bonds is 13. The molecule has 0 atom stereocenters. The quantitative estimate of drug-likeness (QED) is 0.146. The summed E-state index contributed by atoms with van der Waals surface area (Å²) < 4.78 is 8.70. The summed E-state index contributed by atoms with van der Waals surface area (Å²) in [6.07, 6.45) is 14.2. The summed E-state index contributed by atoms with van der Waals surface area (Å²) in [6.45, 7) is 3.05. The summed E-state index contributed by atoms with van der Waals surface area (Å²) in [5.74, 6) is 1.77. The molecular weight excluding hydrogens is 414 g/mol. The average molecular weight is 453 g/mol. The first-order valence-electron chi connectivity index (χ1n) is 13.1. The van der Waals surface area contributed by atoms with Crippen molar-refractivity contribution in [3.05, 3.63) is 102 Å². The minimum Gasteiger partial charge on any atom is -0.405 e. The van der Waals surface area contributed by atoms with Gasteiger partial charge in [0.2, 0.25) is 0 Å². The first-order valence-corrected chi connectivity index (χ1v) is 13.1. The molecule has 0 aliphatic heterocycles. The predicted octanol–water partition coefficient (Wildman–Crippen LogP) is 8.65. The lowest BCUT2D eigenvalue weighted by molar-refractivity contribution is -0.691. The number of ether oxygens (including phenoxy) is 1. The van der Waals surface area contributed by atoms with Crippen molar-refractivity contribution in [2.45, 2.75) is 71.3 Å². The molecule has 2 nitrogen and oxygen atoms in total. The smallest absolute Gasteiger partial charge is 0.381 e. The van der Waals surface area contributed by atoms with Crippen molar-refractivity contribution in [1.29, 1.82) is 0 Å². The highest BCUT2D eigenvalue weighted by Crippen LogP contribution is 2.27. The van der Waals surface area contributed by atoms with E-state index < -0.39 is 0 Å². The third-order valence-corrected chi connectivity index (χ3v) is 6.54. The number of aryl methyl sites for hydroxylation is 1. The van der Waals surface area contributed by atoms with Crippen LogP contribution < -0.4 is 9.30 Å². The fourth-order valence-electron chi connectivity index (χ4n) is 4.55. The van der Waals surface area contributed by atoms with Crippen LogP contribution in [0.5, 0.6) is 11.6 Å². The average Bonchev–Trinajstić information content (AvgIpc) is 2.88. The molecule has 4 aromatic rings. The summed E-state index contributed by atoms with van der Waals surface area (Å²) in [7, 11) is 0. The van der Waals surface area contributed by atoms with Gasteiger partial charge in [-0.05, 0) is 42.0 Å². The summed E-state index contributed by atoms with van der Waals surface area (Å²) in [6, 6.07) is 29.8. The molecule has 34 heavy (non-hydrogen) atoms. The summed E-state index contributed by atoms with van der Waals surface area (Å²) >= 11 is 0. The maximum absolute atomic E-state index is 6.50. The standard InChI is InChI=1S/C32H38NO/c1-2-3-4-5-6-7-8-10-15-27-20-22-30(23-21-27)34-32-31-19-14-13-18-29(31)24-25-33(32)26-28-16-11-9-12-17-28/h9,11-14,16-25H,2-8,10,15,26H2,1H3/q+1. The van der Waals surface area contributed by atoms with E-state index in [9.17, 15) is 0 Å². The highest BCUT2D eigenvalue weighted by Gasteiger charge is 2.18. The zero-order chi connectivity index (χ0) is 23.4. The summed E-state index contributed by atoms with van der Waals surface area (Å²) in [5.41, 5.74) is 2.65. The maximum atomic E-state index is 6.50. The molecule has 0 saturated carbocycles. The van der Waals surface area contributed by atoms with Crippen molar-refractivity contribution < 1.29 is 9.30 Å². The van der Waals surface area contributed by atoms with Crippen molar-refractivity contribution in [2.75, 3.05) is 0 Å². The third-order valence-electron chi connectivity index (χ3n) is 6.54. The van der Waals surface area contributed by atoms with Crippen molar-refractivity contribution in [2.24, 2.45) is 0 Å². The van der Waals surface area contributed by atoms with E-state index in [0.717, 1.165) is 30.0 Å². The van der Waals surface area contributed by atoms with E-state index in [1.54, 1.807) is 0 Å². The van der Waals surface area contributed by atoms with E-state index in [1.165, 1.54) is 67.9 Å². The Hall–Kier alpha value is -3.13. The van der Waals surface area contributed by atoms with E-state index in [1.807, 2.05) is 0 Å². The second-order valence-electron chi connectivity index (χ2n) is 9.29. The lowest BCUT2D eigenvalue weighted by atomic mass is 10.0. The van der Waals surface area contributed by atoms with Crippen molar-refractivity contribution in [1.82, 2.24) is 0 Å². The third kappa shape index (κ3) is 6.93. The first-order chi connectivity index (χ1) is 16.8. The highest BCUT2D eigenvalue weighted by molar-refractivity contribution is 5.85. The molecule has 0 unspecified atom stereocenters. The molecule has 176 valence electrons. The fourth-order valence-corrected chi connectivity index (χ4v) is 4.55. The molecule has 0 aliphatic rings. The molecule has 0 aliphatic carbocycles. The van der Waals surface area contributed by atoms with E-state index in [0.29, 0.717) is 0 Å². The Balaban J connectivity index is 1.39. The molecule has 0 bridgehead atoms. The Morgan fingerprint density at radius 1 is 0.618 bits per heavy atom. The second kappa shape index (κ2) is 12.9. The van der Waals surface area contributed by atoms with E-state index in [2.05, 4.69) is 103 Å². The molecule has 3 aromatic carbocycles. The van der Waals surface area contributed by atoms with Crippen LogP contribution in [0.2, 0.25) is 0 Å². The van der Waals surface area contributed by atoms with Crippen LogP contribution in [0.15, 0.2) is 91.1 Å². The van der Waals surface area contributed by atoms with Crippen molar-refractivity contribution in [3.8, 4) is 11.6 Å². The monoisotopic (exact) mass is 452 g/mol. The SMILES string of the molecule is CCCCCCCCCCc1ccc(Oc2c3ccccc3cc[n+]2Cc2ccccc2)cc1. The van der Waals surface area contributed by atoms with Gasteiger partial charge in [-0.1, -0.05) is 113 Å². The van der Waals surface area contributed by atoms with Gasteiger partial charge in [0.05, 0.1) is 5.39 Å². The van der Waals surface area contributed by atoms with Crippen LogP contribution in [0.25, 0.3) is 10.8 Å². The van der Waals surface area contributed by atoms with Gasteiger partial charge in [-0.15, -0.1) is 0 Å². The number of unbranched alkanes of at least 4 members (excludes halogenated alkanes) is 7. The van der Waals surface area contributed by atoms with Crippen LogP contribution in [0, 0.1) is 0 Å². The molecule has 0 spiro atoms. The molecule has 1 aromatic heterocycles. The van der Waals surface area contributed by atoms with Gasteiger partial charge < -0.3 is 4.74 Å². The molecule has 0 fully saturated rings. The number of pyridine rings is 1. The van der Waals surface area contributed by atoms with Gasteiger partial charge in [0.1, 0.15) is 5.75 Å². The predicted molar refractivity (Wildman–Crippen MR) is 143 cm³/mol. The van der Waals surface area contributed by atoms with Gasteiger partial charge in [-0.25, -0.2) is 0 Å². The molecule has 2 heteroatoms. The number of benzene rings is 3. The largest absolute Gasteiger partial charge is 0.405 e. The second-order valence-corrected chi connectivity index (χ2v) is 9.29. The van der Waals surface area contributed by atoms with Gasteiger partial charge in [0.15, 0.2) is 12.7 Å². The fraction of sp³-hybridized carbons (Fsp3) is 0.344. The molecule has 0 N–H and O–H groups in total. The molecular formula is C32H38NO+. The Bertz CT molecular complexity index is 1130. The van der Waals surface area contributed by atoms with E-state index in [4.69, 9.17) is 4.74 Å². The van der Waals surface area contributed by atoms with Crippen LogP contribution in [0.3, 0.4) is 0 Å². The van der Waals surface area contributed by atoms with Crippen LogP contribution in [-0.4, -0.2) is 0 Å². The van der Waals surface area contributed by atoms with Gasteiger partial charge in [-0.2, -0.15) is 4.57 Å². The zero-order valence-corrected chi connectivity index (χ0v) is 20.6. The number of aromatic nitrogens is 1. The van der Waals surface area contributed by atoms with E-state index in [-0.39, 0.29) is 0 Å². The van der Waals surface area contributed by atoms with Gasteiger partial charge in [0, 0.05) is 11.6 Å². The number of nitrogens with zero attached hydrogens (tertiary/aromatic N) is 1. The van der Waals surface area contributed by atoms with Crippen LogP contribution in [-0.2, 0) is 13.0 Å². The minimum atomic E-state index is 0.775. The van der Waals surface area contributed by atoms with Crippen LogP contribution in [0.4, 0.5) is 0 Å². The van der Waals surface area contributed by atoms with E-state index >= 15 is 0 Å². The first kappa shape index (κ1) is 24.0. The lowest BCUT2D eigenvalue weighted by Crippen LogP contribution is -2.35. The Morgan fingerprint density at radius 3 is 2.06 bits per heavy atom. The molecule has 1 heterocycles.